The van der Waals surface area contributed by atoms with E-state index >= 15 is 0 Å². The number of nitro groups is 1. The van der Waals surface area contributed by atoms with Crippen LogP contribution in [0, 0.1) is 10.1 Å². The lowest BCUT2D eigenvalue weighted by Gasteiger charge is -2.23. The van der Waals surface area contributed by atoms with Crippen molar-refractivity contribution in [3.05, 3.63) is 75.8 Å². The topological polar surface area (TPSA) is 111 Å². The summed E-state index contributed by atoms with van der Waals surface area (Å²) in [6, 6.07) is 14.7. The van der Waals surface area contributed by atoms with Crippen molar-refractivity contribution >= 4 is 17.7 Å². The van der Waals surface area contributed by atoms with E-state index in [4.69, 9.17) is 4.74 Å². The average molecular weight is 413 g/mol. The Morgan fingerprint density at radius 1 is 1.03 bits per heavy atom. The van der Waals surface area contributed by atoms with Crippen molar-refractivity contribution in [3.8, 4) is 0 Å². The molecular formula is C22H27N3O5. The Hall–Kier alpha value is -3.42. The Morgan fingerprint density at radius 2 is 1.67 bits per heavy atom. The summed E-state index contributed by atoms with van der Waals surface area (Å²) in [6.07, 6.45) is 0.130. The van der Waals surface area contributed by atoms with Gasteiger partial charge < -0.3 is 15.4 Å². The van der Waals surface area contributed by atoms with Crippen molar-refractivity contribution < 1.29 is 19.2 Å². The van der Waals surface area contributed by atoms with Crippen LogP contribution in [-0.4, -0.2) is 35.1 Å². The van der Waals surface area contributed by atoms with Gasteiger partial charge >= 0.3 is 6.09 Å². The molecule has 0 heterocycles. The third kappa shape index (κ3) is 7.90. The average Bonchev–Trinajstić information content (AvgIpc) is 2.67. The number of nitrogens with one attached hydrogen (secondary N) is 2. The molecule has 0 saturated carbocycles. The van der Waals surface area contributed by atoms with Crippen LogP contribution in [0.1, 0.15) is 31.9 Å². The summed E-state index contributed by atoms with van der Waals surface area (Å²) in [5.41, 5.74) is 1.03. The second-order valence-corrected chi connectivity index (χ2v) is 7.85. The van der Waals surface area contributed by atoms with Crippen LogP contribution in [0.15, 0.2) is 54.6 Å². The fraction of sp³-hybridized carbons (Fsp3) is 0.364. The molecule has 0 fully saturated rings. The molecule has 2 rings (SSSR count). The summed E-state index contributed by atoms with van der Waals surface area (Å²) >= 11 is 0. The molecule has 2 amide bonds. The van der Waals surface area contributed by atoms with E-state index in [1.165, 1.54) is 12.1 Å². The molecule has 8 heteroatoms. The fourth-order valence-electron chi connectivity index (χ4n) is 2.75. The van der Waals surface area contributed by atoms with Gasteiger partial charge in [0.15, 0.2) is 0 Å². The van der Waals surface area contributed by atoms with Crippen molar-refractivity contribution in [2.45, 2.75) is 45.3 Å². The first kappa shape index (κ1) is 22.9. The Kier molecular flexibility index (Phi) is 7.91. The predicted octanol–water partition coefficient (Wildman–Crippen LogP) is 3.39. The zero-order chi connectivity index (χ0) is 22.1. The lowest BCUT2D eigenvalue weighted by Crippen LogP contribution is -2.49. The molecule has 1 atom stereocenters. The first-order valence-corrected chi connectivity index (χ1v) is 9.68. The van der Waals surface area contributed by atoms with E-state index < -0.39 is 22.7 Å². The third-order valence-electron chi connectivity index (χ3n) is 4.15. The van der Waals surface area contributed by atoms with Crippen molar-refractivity contribution in [1.82, 2.24) is 10.6 Å². The van der Waals surface area contributed by atoms with Gasteiger partial charge in [-0.1, -0.05) is 42.5 Å². The molecule has 8 nitrogen and oxygen atoms in total. The van der Waals surface area contributed by atoms with Gasteiger partial charge in [-0.25, -0.2) is 4.79 Å². The molecule has 0 aromatic heterocycles. The van der Waals surface area contributed by atoms with Crippen LogP contribution in [0.3, 0.4) is 0 Å². The Morgan fingerprint density at radius 3 is 2.23 bits per heavy atom. The Bertz CT molecular complexity index is 861. The van der Waals surface area contributed by atoms with Crippen LogP contribution >= 0.6 is 0 Å². The van der Waals surface area contributed by atoms with Gasteiger partial charge in [-0.05, 0) is 38.3 Å². The summed E-state index contributed by atoms with van der Waals surface area (Å²) in [5, 5.41) is 16.3. The van der Waals surface area contributed by atoms with Crippen molar-refractivity contribution in [1.29, 1.82) is 0 Å². The number of nitro benzene ring substituents is 1. The molecule has 0 saturated heterocycles. The summed E-state index contributed by atoms with van der Waals surface area (Å²) < 4.78 is 5.26. The number of hydrogen-bond donors (Lipinski definition) is 2. The quantitative estimate of drug-likeness (QED) is 0.509. The van der Waals surface area contributed by atoms with Crippen LogP contribution < -0.4 is 10.6 Å². The number of alkyl carbamates (subject to hydrolysis) is 1. The molecule has 2 aromatic carbocycles. The van der Waals surface area contributed by atoms with Crippen LogP contribution in [0.25, 0.3) is 0 Å². The first-order chi connectivity index (χ1) is 14.1. The molecule has 30 heavy (non-hydrogen) atoms. The molecule has 2 aromatic rings. The molecule has 0 aliphatic rings. The minimum Gasteiger partial charge on any atom is -0.444 e. The smallest absolute Gasteiger partial charge is 0.408 e. The van der Waals surface area contributed by atoms with E-state index in [0.717, 1.165) is 5.56 Å². The molecule has 0 aliphatic heterocycles. The van der Waals surface area contributed by atoms with Gasteiger partial charge in [0, 0.05) is 25.1 Å². The molecule has 0 spiro atoms. The van der Waals surface area contributed by atoms with E-state index in [0.29, 0.717) is 18.5 Å². The van der Waals surface area contributed by atoms with Gasteiger partial charge in [0.25, 0.3) is 5.69 Å². The number of nitrogens with zero attached hydrogens (tertiary/aromatic N) is 1. The van der Waals surface area contributed by atoms with Gasteiger partial charge in [0.1, 0.15) is 11.6 Å². The van der Waals surface area contributed by atoms with E-state index in [9.17, 15) is 19.7 Å². The highest BCUT2D eigenvalue weighted by atomic mass is 16.6. The lowest BCUT2D eigenvalue weighted by atomic mass is 10.0. The summed E-state index contributed by atoms with van der Waals surface area (Å²) in [7, 11) is 0. The number of hydrogen-bond acceptors (Lipinski definition) is 5. The van der Waals surface area contributed by atoms with Crippen molar-refractivity contribution in [2.75, 3.05) is 6.54 Å². The summed E-state index contributed by atoms with van der Waals surface area (Å²) in [4.78, 5) is 35.3. The number of amides is 2. The van der Waals surface area contributed by atoms with Crippen molar-refractivity contribution in [3.63, 3.8) is 0 Å². The normalized spacial score (nSPS) is 12.0. The van der Waals surface area contributed by atoms with E-state index in [2.05, 4.69) is 10.6 Å². The zero-order valence-corrected chi connectivity index (χ0v) is 17.4. The van der Waals surface area contributed by atoms with Crippen molar-refractivity contribution in [2.24, 2.45) is 0 Å². The molecule has 0 radical (unpaired) electrons. The molecule has 0 bridgehead atoms. The highest BCUT2D eigenvalue weighted by Gasteiger charge is 2.24. The van der Waals surface area contributed by atoms with Gasteiger partial charge in [-0.15, -0.1) is 0 Å². The standard InChI is InChI=1S/C22H27N3O5/c1-22(2,3)30-21(27)24-19(15-17-9-11-18(12-10-17)25(28)29)20(26)23-14-13-16-7-5-4-6-8-16/h4-12,19H,13-15H2,1-3H3,(H,23,26)(H,24,27). The highest BCUT2D eigenvalue weighted by Crippen LogP contribution is 2.14. The molecule has 1 unspecified atom stereocenters. The van der Waals surface area contributed by atoms with Gasteiger partial charge in [0.05, 0.1) is 4.92 Å². The zero-order valence-electron chi connectivity index (χ0n) is 17.4. The Labute approximate surface area is 175 Å². The third-order valence-corrected chi connectivity index (χ3v) is 4.15. The summed E-state index contributed by atoms with van der Waals surface area (Å²) in [5.74, 6) is -0.352. The largest absolute Gasteiger partial charge is 0.444 e. The van der Waals surface area contributed by atoms with E-state index in [1.54, 1.807) is 32.9 Å². The monoisotopic (exact) mass is 413 g/mol. The lowest BCUT2D eigenvalue weighted by molar-refractivity contribution is -0.384. The molecular weight excluding hydrogens is 386 g/mol. The molecule has 0 aliphatic carbocycles. The number of ether oxygens (including phenoxy) is 1. The second-order valence-electron chi connectivity index (χ2n) is 7.85. The van der Waals surface area contributed by atoms with E-state index in [1.807, 2.05) is 30.3 Å². The Balaban J connectivity index is 2.04. The van der Waals surface area contributed by atoms with Crippen LogP contribution in [0.5, 0.6) is 0 Å². The number of carbonyl (C=O) groups is 2. The van der Waals surface area contributed by atoms with Gasteiger partial charge in [-0.3, -0.25) is 14.9 Å². The predicted molar refractivity (Wildman–Crippen MR) is 113 cm³/mol. The SMILES string of the molecule is CC(C)(C)OC(=O)NC(Cc1ccc([N+](=O)[O-])cc1)C(=O)NCCc1ccccc1. The summed E-state index contributed by atoms with van der Waals surface area (Å²) in [6.45, 7) is 5.61. The molecule has 2 N–H and O–H groups in total. The minimum absolute atomic E-state index is 0.0392. The van der Waals surface area contributed by atoms with Crippen LogP contribution in [0.4, 0.5) is 10.5 Å². The maximum Gasteiger partial charge on any atom is 0.408 e. The number of carbonyl (C=O) groups excluding carboxylic acids is 2. The van der Waals surface area contributed by atoms with Gasteiger partial charge in [0.2, 0.25) is 5.91 Å². The van der Waals surface area contributed by atoms with Crippen LogP contribution in [0.2, 0.25) is 0 Å². The number of rotatable bonds is 8. The maximum absolute atomic E-state index is 12.7. The van der Waals surface area contributed by atoms with E-state index in [-0.39, 0.29) is 18.0 Å². The second kappa shape index (κ2) is 10.4. The first-order valence-electron chi connectivity index (χ1n) is 9.68. The maximum atomic E-state index is 12.7. The van der Waals surface area contributed by atoms with Crippen LogP contribution in [-0.2, 0) is 22.4 Å². The number of non-ortho nitro benzene ring substituents is 1. The van der Waals surface area contributed by atoms with Gasteiger partial charge in [-0.2, -0.15) is 0 Å². The molecule has 160 valence electrons. The number of benzene rings is 2. The highest BCUT2D eigenvalue weighted by molar-refractivity contribution is 5.86. The minimum atomic E-state index is -0.878. The fourth-order valence-corrected chi connectivity index (χ4v) is 2.75.